The van der Waals surface area contributed by atoms with Crippen molar-refractivity contribution in [2.75, 3.05) is 0 Å². The predicted molar refractivity (Wildman–Crippen MR) is 64.3 cm³/mol. The van der Waals surface area contributed by atoms with Crippen LogP contribution in [0.5, 0.6) is 0 Å². The summed E-state index contributed by atoms with van der Waals surface area (Å²) in [5.41, 5.74) is 1.56. The summed E-state index contributed by atoms with van der Waals surface area (Å²) in [5.74, 6) is 0. The van der Waals surface area contributed by atoms with Crippen molar-refractivity contribution >= 4 is 25.1 Å². The second kappa shape index (κ2) is 5.29. The van der Waals surface area contributed by atoms with Gasteiger partial charge in [0.25, 0.3) is 0 Å². The Hall–Kier alpha value is -1.86. The number of hydrogen-bond donors (Lipinski definition) is 0. The fourth-order valence-corrected chi connectivity index (χ4v) is 1.46. The van der Waals surface area contributed by atoms with E-state index in [4.69, 9.17) is 0 Å². The van der Waals surface area contributed by atoms with E-state index in [1.54, 1.807) is 24.3 Å². The van der Waals surface area contributed by atoms with Gasteiger partial charge in [0, 0.05) is 5.30 Å². The Morgan fingerprint density at radius 2 is 1.31 bits per heavy atom. The molecule has 0 radical (unpaired) electrons. The van der Waals surface area contributed by atoms with Crippen LogP contribution in [0.25, 0.3) is 0 Å². The van der Waals surface area contributed by atoms with Gasteiger partial charge in [-0.15, -0.1) is 0 Å². The Balaban J connectivity index is 2.14. The third-order valence-corrected chi connectivity index (χ3v) is 2.50. The Bertz CT molecular complexity index is 494. The van der Waals surface area contributed by atoms with E-state index < -0.39 is 0 Å². The standard InChI is InChI=1S/C12H9N2OP/c15-16-12-8-6-11(7-9-12)14-13-10-4-2-1-3-5-10/h1-9H/b14-13+. The zero-order chi connectivity index (χ0) is 11.2. The lowest BCUT2D eigenvalue weighted by Crippen LogP contribution is -1.86. The lowest BCUT2D eigenvalue weighted by atomic mass is 10.3. The summed E-state index contributed by atoms with van der Waals surface area (Å²) < 4.78 is 10.5. The van der Waals surface area contributed by atoms with E-state index in [0.717, 1.165) is 16.7 Å². The van der Waals surface area contributed by atoms with Crippen LogP contribution in [-0.2, 0) is 4.57 Å². The van der Waals surface area contributed by atoms with Gasteiger partial charge >= 0.3 is 0 Å². The second-order valence-corrected chi connectivity index (χ2v) is 3.84. The van der Waals surface area contributed by atoms with Gasteiger partial charge in [-0.25, -0.2) is 0 Å². The van der Waals surface area contributed by atoms with Gasteiger partial charge in [0.15, 0.2) is 8.46 Å². The van der Waals surface area contributed by atoms with Crippen LogP contribution in [-0.4, -0.2) is 0 Å². The second-order valence-electron chi connectivity index (χ2n) is 3.14. The molecule has 78 valence electrons. The molecule has 0 bridgehead atoms. The molecule has 2 rings (SSSR count). The number of nitrogens with zero attached hydrogens (tertiary/aromatic N) is 2. The quantitative estimate of drug-likeness (QED) is 0.577. The maximum absolute atomic E-state index is 10.5. The Kier molecular flexibility index (Phi) is 3.52. The number of benzene rings is 2. The smallest absolute Gasteiger partial charge is 0.192 e. The highest BCUT2D eigenvalue weighted by Gasteiger charge is 1.92. The van der Waals surface area contributed by atoms with E-state index in [-0.39, 0.29) is 8.46 Å². The zero-order valence-corrected chi connectivity index (χ0v) is 9.34. The fourth-order valence-electron chi connectivity index (χ4n) is 1.19. The number of hydrogen-bond acceptors (Lipinski definition) is 3. The molecule has 0 aromatic heterocycles. The molecule has 2 aromatic carbocycles. The normalized spacial score (nSPS) is 11.0. The number of azo groups is 1. The van der Waals surface area contributed by atoms with Gasteiger partial charge in [-0.3, -0.25) is 4.57 Å². The summed E-state index contributed by atoms with van der Waals surface area (Å²) in [4.78, 5) is 0. The molecule has 0 unspecified atom stereocenters. The van der Waals surface area contributed by atoms with Gasteiger partial charge in [-0.05, 0) is 36.4 Å². The average Bonchev–Trinajstić information content (AvgIpc) is 2.38. The Morgan fingerprint density at radius 1 is 0.750 bits per heavy atom. The highest BCUT2D eigenvalue weighted by molar-refractivity contribution is 7.34. The largest absolute Gasteiger partial charge is 0.269 e. The molecule has 0 amide bonds. The van der Waals surface area contributed by atoms with Gasteiger partial charge in [0.05, 0.1) is 11.4 Å². The third-order valence-electron chi connectivity index (χ3n) is 1.99. The molecule has 0 atom stereocenters. The highest BCUT2D eigenvalue weighted by Crippen LogP contribution is 2.16. The van der Waals surface area contributed by atoms with Crippen molar-refractivity contribution in [2.24, 2.45) is 10.2 Å². The minimum Gasteiger partial charge on any atom is -0.269 e. The molecule has 0 spiro atoms. The predicted octanol–water partition coefficient (Wildman–Crippen LogP) is 4.02. The maximum Gasteiger partial charge on any atom is 0.192 e. The summed E-state index contributed by atoms with van der Waals surface area (Å²) >= 11 is 0. The summed E-state index contributed by atoms with van der Waals surface area (Å²) in [6, 6.07) is 16.6. The van der Waals surface area contributed by atoms with E-state index in [9.17, 15) is 4.57 Å². The summed E-state index contributed by atoms with van der Waals surface area (Å²) in [6.07, 6.45) is 0. The lowest BCUT2D eigenvalue weighted by Gasteiger charge is -1.93. The summed E-state index contributed by atoms with van der Waals surface area (Å²) in [7, 11) is 0.0244. The molecular formula is C12H9N2OP. The SMILES string of the molecule is O=Pc1ccc(/N=N/c2ccccc2)cc1. The van der Waals surface area contributed by atoms with Crippen LogP contribution in [0.1, 0.15) is 0 Å². The van der Waals surface area contributed by atoms with Crippen LogP contribution in [0, 0.1) is 0 Å². The van der Waals surface area contributed by atoms with Crippen molar-refractivity contribution in [3.8, 4) is 0 Å². The molecule has 0 saturated heterocycles. The van der Waals surface area contributed by atoms with Gasteiger partial charge in [-0.2, -0.15) is 10.2 Å². The maximum atomic E-state index is 10.5. The highest BCUT2D eigenvalue weighted by atomic mass is 31.1. The topological polar surface area (TPSA) is 41.8 Å². The fraction of sp³-hybridized carbons (Fsp3) is 0. The Labute approximate surface area is 95.1 Å². The van der Waals surface area contributed by atoms with E-state index >= 15 is 0 Å². The van der Waals surface area contributed by atoms with E-state index in [1.165, 1.54) is 0 Å². The molecular weight excluding hydrogens is 219 g/mol. The van der Waals surface area contributed by atoms with Gasteiger partial charge < -0.3 is 0 Å². The van der Waals surface area contributed by atoms with Crippen LogP contribution >= 0.6 is 8.46 Å². The zero-order valence-electron chi connectivity index (χ0n) is 8.45. The van der Waals surface area contributed by atoms with Crippen molar-refractivity contribution in [1.82, 2.24) is 0 Å². The summed E-state index contributed by atoms with van der Waals surface area (Å²) in [5, 5.41) is 8.88. The molecule has 2 aromatic rings. The minimum atomic E-state index is 0.0244. The third kappa shape index (κ3) is 2.81. The summed E-state index contributed by atoms with van der Waals surface area (Å²) in [6.45, 7) is 0. The molecule has 0 saturated carbocycles. The van der Waals surface area contributed by atoms with Crippen LogP contribution in [0.15, 0.2) is 64.8 Å². The lowest BCUT2D eigenvalue weighted by molar-refractivity contribution is 0.603. The van der Waals surface area contributed by atoms with Crippen LogP contribution in [0.2, 0.25) is 0 Å². The molecule has 0 aliphatic carbocycles. The van der Waals surface area contributed by atoms with E-state index in [0.29, 0.717) is 0 Å². The monoisotopic (exact) mass is 228 g/mol. The van der Waals surface area contributed by atoms with Crippen molar-refractivity contribution in [1.29, 1.82) is 0 Å². The first kappa shape index (κ1) is 10.7. The van der Waals surface area contributed by atoms with Gasteiger partial charge in [0.1, 0.15) is 0 Å². The van der Waals surface area contributed by atoms with Crippen molar-refractivity contribution in [2.45, 2.75) is 0 Å². The first-order chi connectivity index (χ1) is 7.88. The molecule has 16 heavy (non-hydrogen) atoms. The van der Waals surface area contributed by atoms with Crippen molar-refractivity contribution in [3.05, 3.63) is 54.6 Å². The molecule has 0 fully saturated rings. The molecule has 4 heteroatoms. The van der Waals surface area contributed by atoms with Gasteiger partial charge in [-0.1, -0.05) is 18.2 Å². The molecule has 3 nitrogen and oxygen atoms in total. The minimum absolute atomic E-state index is 0.0244. The van der Waals surface area contributed by atoms with E-state index in [1.807, 2.05) is 30.3 Å². The molecule has 0 aliphatic heterocycles. The molecule has 0 aliphatic rings. The van der Waals surface area contributed by atoms with Crippen LogP contribution in [0.4, 0.5) is 11.4 Å². The number of rotatable bonds is 3. The van der Waals surface area contributed by atoms with E-state index in [2.05, 4.69) is 10.2 Å². The van der Waals surface area contributed by atoms with Crippen molar-refractivity contribution < 1.29 is 4.57 Å². The van der Waals surface area contributed by atoms with Crippen LogP contribution < -0.4 is 5.30 Å². The Morgan fingerprint density at radius 3 is 1.88 bits per heavy atom. The van der Waals surface area contributed by atoms with Crippen LogP contribution in [0.3, 0.4) is 0 Å². The average molecular weight is 228 g/mol. The molecule has 0 heterocycles. The van der Waals surface area contributed by atoms with Crippen molar-refractivity contribution in [3.63, 3.8) is 0 Å². The van der Waals surface area contributed by atoms with Gasteiger partial charge in [0.2, 0.25) is 0 Å². The molecule has 0 N–H and O–H groups in total. The first-order valence-electron chi connectivity index (χ1n) is 4.79. The first-order valence-corrected chi connectivity index (χ1v) is 5.60.